The highest BCUT2D eigenvalue weighted by atomic mass is 32.1. The minimum atomic E-state index is -0.854. The van der Waals surface area contributed by atoms with E-state index in [1.807, 2.05) is 0 Å². The Bertz CT molecular complexity index is 638. The average Bonchev–Trinajstić information content (AvgIpc) is 3.17. The number of amides is 1. The van der Waals surface area contributed by atoms with Crippen molar-refractivity contribution in [2.24, 2.45) is 5.92 Å². The van der Waals surface area contributed by atoms with E-state index in [-0.39, 0.29) is 12.5 Å². The molecule has 8 nitrogen and oxygen atoms in total. The van der Waals surface area contributed by atoms with E-state index in [2.05, 4.69) is 15.5 Å². The first-order chi connectivity index (χ1) is 9.66. The third kappa shape index (κ3) is 2.16. The molecule has 1 unspecified atom stereocenters. The van der Waals surface area contributed by atoms with Crippen molar-refractivity contribution in [2.45, 2.75) is 6.42 Å². The predicted molar refractivity (Wildman–Crippen MR) is 68.7 cm³/mol. The Morgan fingerprint density at radius 1 is 1.45 bits per heavy atom. The largest absolute Gasteiger partial charge is 0.481 e. The Kier molecular flexibility index (Phi) is 3.18. The minimum Gasteiger partial charge on any atom is -0.481 e. The molecule has 3 rings (SSSR count). The summed E-state index contributed by atoms with van der Waals surface area (Å²) in [7, 11) is 0. The van der Waals surface area contributed by atoms with Crippen molar-refractivity contribution in [3.05, 3.63) is 22.7 Å². The molecule has 2 aromatic heterocycles. The molecule has 1 atom stereocenters. The first-order valence-electron chi connectivity index (χ1n) is 5.99. The summed E-state index contributed by atoms with van der Waals surface area (Å²) in [4.78, 5) is 25.5. The molecule has 104 valence electrons. The number of aliphatic carboxylic acids is 1. The van der Waals surface area contributed by atoms with Crippen LogP contribution in [0.5, 0.6) is 0 Å². The van der Waals surface area contributed by atoms with Crippen molar-refractivity contribution >= 4 is 23.2 Å². The standard InChI is InChI=1S/C11H11N5O3S/c17-10(15-3-1-7(5-15)11(18)19)9-8(2-4-20-9)16-6-12-13-14-16/h2,4,6-7H,1,3,5H2,(H,18,19). The van der Waals surface area contributed by atoms with E-state index >= 15 is 0 Å². The SMILES string of the molecule is O=C(O)C1CCN(C(=O)c2sccc2-n2cnnn2)C1. The van der Waals surface area contributed by atoms with Gasteiger partial charge >= 0.3 is 5.97 Å². The zero-order chi connectivity index (χ0) is 14.1. The second kappa shape index (κ2) is 5.00. The number of rotatable bonds is 3. The van der Waals surface area contributed by atoms with E-state index in [0.29, 0.717) is 23.5 Å². The number of hydrogen-bond donors (Lipinski definition) is 1. The van der Waals surface area contributed by atoms with Crippen LogP contribution in [0.2, 0.25) is 0 Å². The van der Waals surface area contributed by atoms with Crippen molar-refractivity contribution in [3.63, 3.8) is 0 Å². The van der Waals surface area contributed by atoms with Crippen molar-refractivity contribution in [1.82, 2.24) is 25.1 Å². The number of likely N-dealkylation sites (tertiary alicyclic amines) is 1. The minimum absolute atomic E-state index is 0.172. The zero-order valence-corrected chi connectivity index (χ0v) is 11.2. The molecule has 1 amide bonds. The fourth-order valence-corrected chi connectivity index (χ4v) is 3.05. The first kappa shape index (κ1) is 12.7. The summed E-state index contributed by atoms with van der Waals surface area (Å²) in [6, 6.07) is 1.76. The van der Waals surface area contributed by atoms with Gasteiger partial charge in [-0.3, -0.25) is 9.59 Å². The molecule has 0 bridgehead atoms. The van der Waals surface area contributed by atoms with Crippen molar-refractivity contribution < 1.29 is 14.7 Å². The smallest absolute Gasteiger partial charge is 0.308 e. The van der Waals surface area contributed by atoms with Gasteiger partial charge in [0, 0.05) is 13.1 Å². The first-order valence-corrected chi connectivity index (χ1v) is 6.87. The molecule has 9 heteroatoms. The third-order valence-electron chi connectivity index (χ3n) is 3.26. The zero-order valence-electron chi connectivity index (χ0n) is 10.3. The van der Waals surface area contributed by atoms with Crippen LogP contribution in [0.1, 0.15) is 16.1 Å². The summed E-state index contributed by atoms with van der Waals surface area (Å²) in [5.74, 6) is -1.50. The molecule has 20 heavy (non-hydrogen) atoms. The van der Waals surface area contributed by atoms with Gasteiger partial charge in [-0.1, -0.05) is 0 Å². The molecule has 0 aromatic carbocycles. The normalized spacial score (nSPS) is 18.4. The molecule has 0 radical (unpaired) electrons. The number of carboxylic acid groups (broad SMARTS) is 1. The predicted octanol–water partition coefficient (Wildman–Crippen LogP) is 0.270. The molecule has 0 spiro atoms. The van der Waals surface area contributed by atoms with E-state index in [1.54, 1.807) is 16.3 Å². The average molecular weight is 293 g/mol. The summed E-state index contributed by atoms with van der Waals surface area (Å²) in [5, 5.41) is 21.6. The number of aromatic nitrogens is 4. The van der Waals surface area contributed by atoms with Crippen LogP contribution in [0.3, 0.4) is 0 Å². The highest BCUT2D eigenvalue weighted by molar-refractivity contribution is 7.12. The number of nitrogens with zero attached hydrogens (tertiary/aromatic N) is 5. The Labute approximate surface area is 117 Å². The summed E-state index contributed by atoms with van der Waals surface area (Å²) in [6.07, 6.45) is 1.91. The molecule has 1 fully saturated rings. The van der Waals surface area contributed by atoms with Crippen LogP contribution in [-0.2, 0) is 4.79 Å². The van der Waals surface area contributed by atoms with Crippen LogP contribution in [0.4, 0.5) is 0 Å². The van der Waals surface area contributed by atoms with Crippen LogP contribution in [0.15, 0.2) is 17.8 Å². The van der Waals surface area contributed by atoms with Gasteiger partial charge in [0.25, 0.3) is 5.91 Å². The van der Waals surface area contributed by atoms with Gasteiger partial charge in [0.2, 0.25) is 0 Å². The van der Waals surface area contributed by atoms with E-state index in [0.717, 1.165) is 0 Å². The van der Waals surface area contributed by atoms with Gasteiger partial charge in [0.15, 0.2) is 0 Å². The number of carbonyl (C=O) groups is 2. The lowest BCUT2D eigenvalue weighted by molar-refractivity contribution is -0.141. The number of hydrogen-bond acceptors (Lipinski definition) is 6. The molecular formula is C11H11N5O3S. The van der Waals surface area contributed by atoms with E-state index in [1.165, 1.54) is 22.3 Å². The van der Waals surface area contributed by atoms with Crippen molar-refractivity contribution in [3.8, 4) is 5.69 Å². The maximum atomic E-state index is 12.5. The van der Waals surface area contributed by atoms with Gasteiger partial charge in [0.1, 0.15) is 11.2 Å². The van der Waals surface area contributed by atoms with Gasteiger partial charge in [-0.15, -0.1) is 16.4 Å². The molecular weight excluding hydrogens is 282 g/mol. The quantitative estimate of drug-likeness (QED) is 0.871. The van der Waals surface area contributed by atoms with Crippen molar-refractivity contribution in [1.29, 1.82) is 0 Å². The Morgan fingerprint density at radius 3 is 2.95 bits per heavy atom. The van der Waals surface area contributed by atoms with Crippen LogP contribution in [0.25, 0.3) is 5.69 Å². The summed E-state index contributed by atoms with van der Waals surface area (Å²) in [6.45, 7) is 0.712. The van der Waals surface area contributed by atoms with Crippen LogP contribution >= 0.6 is 11.3 Å². The van der Waals surface area contributed by atoms with Crippen LogP contribution in [0, 0.1) is 5.92 Å². The fraction of sp³-hybridized carbons (Fsp3) is 0.364. The second-order valence-corrected chi connectivity index (χ2v) is 5.38. The number of carbonyl (C=O) groups excluding carboxylic acids is 1. The molecule has 1 aliphatic heterocycles. The fourth-order valence-electron chi connectivity index (χ4n) is 2.20. The Morgan fingerprint density at radius 2 is 2.30 bits per heavy atom. The summed E-state index contributed by atoms with van der Waals surface area (Å²) >= 11 is 1.30. The molecule has 0 aliphatic carbocycles. The Hall–Kier alpha value is -2.29. The van der Waals surface area contributed by atoms with Gasteiger partial charge in [-0.25, -0.2) is 0 Å². The molecule has 2 aromatic rings. The lowest BCUT2D eigenvalue weighted by atomic mass is 10.1. The lowest BCUT2D eigenvalue weighted by Gasteiger charge is -2.15. The van der Waals surface area contributed by atoms with E-state index < -0.39 is 11.9 Å². The Balaban J connectivity index is 1.82. The maximum Gasteiger partial charge on any atom is 0.308 e. The van der Waals surface area contributed by atoms with E-state index in [9.17, 15) is 9.59 Å². The number of tetrazole rings is 1. The van der Waals surface area contributed by atoms with Gasteiger partial charge in [0.05, 0.1) is 11.6 Å². The molecule has 1 N–H and O–H groups in total. The lowest BCUT2D eigenvalue weighted by Crippen LogP contribution is -2.30. The van der Waals surface area contributed by atoms with Gasteiger partial charge in [-0.2, -0.15) is 4.68 Å². The highest BCUT2D eigenvalue weighted by Crippen LogP contribution is 2.25. The summed E-state index contributed by atoms with van der Waals surface area (Å²) < 4.78 is 1.43. The molecule has 1 aliphatic rings. The topological polar surface area (TPSA) is 101 Å². The second-order valence-electron chi connectivity index (χ2n) is 4.46. The number of carboxylic acids is 1. The van der Waals surface area contributed by atoms with E-state index in [4.69, 9.17) is 5.11 Å². The third-order valence-corrected chi connectivity index (χ3v) is 4.15. The van der Waals surface area contributed by atoms with Gasteiger partial charge < -0.3 is 10.0 Å². The maximum absolute atomic E-state index is 12.5. The highest BCUT2D eigenvalue weighted by Gasteiger charge is 2.32. The molecule has 3 heterocycles. The number of thiophene rings is 1. The van der Waals surface area contributed by atoms with Crippen LogP contribution < -0.4 is 0 Å². The van der Waals surface area contributed by atoms with Gasteiger partial charge in [-0.05, 0) is 28.3 Å². The monoisotopic (exact) mass is 293 g/mol. The summed E-state index contributed by atoms with van der Waals surface area (Å²) in [5.41, 5.74) is 0.615. The molecule has 1 saturated heterocycles. The van der Waals surface area contributed by atoms with Crippen molar-refractivity contribution in [2.75, 3.05) is 13.1 Å². The van der Waals surface area contributed by atoms with Crippen LogP contribution in [-0.4, -0.2) is 55.2 Å². The molecule has 0 saturated carbocycles.